The highest BCUT2D eigenvalue weighted by Gasteiger charge is 2.16. The van der Waals surface area contributed by atoms with Crippen LogP contribution in [0.4, 0.5) is 0 Å². The van der Waals surface area contributed by atoms with Crippen molar-refractivity contribution in [3.05, 3.63) is 54.6 Å². The van der Waals surface area contributed by atoms with Crippen LogP contribution in [0.3, 0.4) is 0 Å². The number of rotatable bonds is 4. The molecule has 0 aromatic heterocycles. The van der Waals surface area contributed by atoms with Crippen molar-refractivity contribution in [3.8, 4) is 5.75 Å². The highest BCUT2D eigenvalue weighted by molar-refractivity contribution is 7.69. The van der Waals surface area contributed by atoms with Crippen molar-refractivity contribution < 1.29 is 9.18 Å². The maximum Gasteiger partial charge on any atom is 0.289 e. The van der Waals surface area contributed by atoms with Gasteiger partial charge in [0.05, 0.1) is 15.3 Å². The predicted molar refractivity (Wildman–Crippen MR) is 72.5 cm³/mol. The predicted octanol–water partition coefficient (Wildman–Crippen LogP) is 2.14. The molecule has 2 rings (SSSR count). The summed E-state index contributed by atoms with van der Waals surface area (Å²) in [6.07, 6.45) is 0. The fraction of sp³-hybridized carbons (Fsp3) is 0.0769. The molecule has 1 atom stereocenters. The van der Waals surface area contributed by atoms with Crippen molar-refractivity contribution >= 4 is 26.8 Å². The smallest absolute Gasteiger partial charge is 0.289 e. The van der Waals surface area contributed by atoms with Crippen LogP contribution in [0.5, 0.6) is 5.75 Å². The van der Waals surface area contributed by atoms with Gasteiger partial charge in [-0.05, 0) is 12.1 Å². The van der Waals surface area contributed by atoms with Gasteiger partial charge in [-0.3, -0.25) is 0 Å². The van der Waals surface area contributed by atoms with Gasteiger partial charge in [-0.15, -0.1) is 0 Å². The SMILES string of the molecule is [B]O[P@](c1ccccc1)c1ccccc1OC. The van der Waals surface area contributed by atoms with Gasteiger partial charge in [-0.2, -0.15) is 0 Å². The summed E-state index contributed by atoms with van der Waals surface area (Å²) in [6.45, 7) is 0. The summed E-state index contributed by atoms with van der Waals surface area (Å²) in [5, 5.41) is 2.05. The Morgan fingerprint density at radius 3 is 2.24 bits per heavy atom. The molecule has 0 bridgehead atoms. The molecule has 0 saturated carbocycles. The van der Waals surface area contributed by atoms with E-state index in [4.69, 9.17) is 17.2 Å². The molecular formula is C13H12BO2P. The number of hydrogen-bond acceptors (Lipinski definition) is 2. The maximum atomic E-state index is 5.43. The maximum absolute atomic E-state index is 5.43. The topological polar surface area (TPSA) is 18.5 Å². The summed E-state index contributed by atoms with van der Waals surface area (Å²) in [4.78, 5) is 0. The van der Waals surface area contributed by atoms with Gasteiger partial charge in [0.15, 0.2) is 0 Å². The van der Waals surface area contributed by atoms with E-state index in [1.54, 1.807) is 7.11 Å². The van der Waals surface area contributed by atoms with E-state index in [-0.39, 0.29) is 0 Å². The molecule has 84 valence electrons. The van der Waals surface area contributed by atoms with Gasteiger partial charge in [0.25, 0.3) is 8.05 Å². The van der Waals surface area contributed by atoms with Gasteiger partial charge in [-0.25, -0.2) is 0 Å². The molecule has 0 amide bonds. The lowest BCUT2D eigenvalue weighted by Crippen LogP contribution is -2.15. The van der Waals surface area contributed by atoms with Gasteiger partial charge in [0.2, 0.25) is 0 Å². The summed E-state index contributed by atoms with van der Waals surface area (Å²) in [5.41, 5.74) is 0. The van der Waals surface area contributed by atoms with Crippen LogP contribution in [0.2, 0.25) is 0 Å². The first-order valence-electron chi connectivity index (χ1n) is 5.22. The first-order valence-corrected chi connectivity index (χ1v) is 6.48. The largest absolute Gasteiger partial charge is 0.496 e. The van der Waals surface area contributed by atoms with Crippen molar-refractivity contribution in [1.29, 1.82) is 0 Å². The zero-order valence-corrected chi connectivity index (χ0v) is 10.4. The molecule has 2 aromatic carbocycles. The third-order valence-corrected chi connectivity index (χ3v) is 4.19. The second-order valence-corrected chi connectivity index (χ2v) is 5.20. The van der Waals surface area contributed by atoms with Gasteiger partial charge >= 0.3 is 0 Å². The normalized spacial score (nSPS) is 12.1. The van der Waals surface area contributed by atoms with Gasteiger partial charge < -0.3 is 9.18 Å². The van der Waals surface area contributed by atoms with Crippen molar-refractivity contribution in [1.82, 2.24) is 0 Å². The molecule has 2 nitrogen and oxygen atoms in total. The Kier molecular flexibility index (Phi) is 4.19. The van der Waals surface area contributed by atoms with Gasteiger partial charge in [-0.1, -0.05) is 42.5 Å². The highest BCUT2D eigenvalue weighted by Crippen LogP contribution is 2.36. The third-order valence-electron chi connectivity index (χ3n) is 2.40. The first kappa shape index (κ1) is 12.2. The standard InChI is InChI=1S/C13H12BO2P/c1-15-12-9-5-6-10-13(12)17(16-14)11-7-3-2-4-8-11/h2-10H,1H3/t17-/m1/s1. The summed E-state index contributed by atoms with van der Waals surface area (Å²) >= 11 is 0. The average Bonchev–Trinajstić information content (AvgIpc) is 2.41. The van der Waals surface area contributed by atoms with E-state index in [1.807, 2.05) is 54.6 Å². The fourth-order valence-corrected chi connectivity index (χ4v) is 3.16. The van der Waals surface area contributed by atoms with Crippen LogP contribution in [0.25, 0.3) is 0 Å². The Morgan fingerprint density at radius 1 is 0.941 bits per heavy atom. The molecule has 0 spiro atoms. The minimum absolute atomic E-state index is 0.799. The van der Waals surface area contributed by atoms with E-state index in [0.29, 0.717) is 0 Å². The van der Waals surface area contributed by atoms with Crippen LogP contribution in [-0.2, 0) is 4.44 Å². The quantitative estimate of drug-likeness (QED) is 0.604. The minimum atomic E-state index is -1.02. The molecule has 0 heterocycles. The molecule has 0 fully saturated rings. The van der Waals surface area contributed by atoms with E-state index in [1.165, 1.54) is 0 Å². The Labute approximate surface area is 104 Å². The molecule has 2 radical (unpaired) electrons. The molecular weight excluding hydrogens is 230 g/mol. The molecule has 0 aliphatic carbocycles. The monoisotopic (exact) mass is 242 g/mol. The zero-order chi connectivity index (χ0) is 12.1. The first-order chi connectivity index (χ1) is 8.36. The van der Waals surface area contributed by atoms with Crippen LogP contribution in [0.1, 0.15) is 0 Å². The summed E-state index contributed by atoms with van der Waals surface area (Å²) < 4.78 is 10.5. The Hall–Kier alpha value is -1.31. The summed E-state index contributed by atoms with van der Waals surface area (Å²) in [7, 11) is 6.06. The van der Waals surface area contributed by atoms with Crippen LogP contribution >= 0.6 is 8.15 Å². The van der Waals surface area contributed by atoms with Gasteiger partial charge in [0, 0.05) is 10.6 Å². The molecule has 4 heteroatoms. The summed E-state index contributed by atoms with van der Waals surface area (Å²) in [6, 6.07) is 17.7. The average molecular weight is 242 g/mol. The molecule has 0 unspecified atom stereocenters. The van der Waals surface area contributed by atoms with Crippen LogP contribution < -0.4 is 15.3 Å². The lowest BCUT2D eigenvalue weighted by atomic mass is 10.3. The van der Waals surface area contributed by atoms with Crippen LogP contribution in [-0.4, -0.2) is 15.2 Å². The molecule has 0 aliphatic heterocycles. The lowest BCUT2D eigenvalue weighted by molar-refractivity contribution is 0.418. The fourth-order valence-electron chi connectivity index (χ4n) is 1.62. The Morgan fingerprint density at radius 2 is 1.59 bits per heavy atom. The molecule has 2 aromatic rings. The number of methoxy groups -OCH3 is 1. The molecule has 0 saturated heterocycles. The molecule has 0 aliphatic rings. The van der Waals surface area contributed by atoms with Crippen molar-refractivity contribution in [2.75, 3.05) is 7.11 Å². The number of para-hydroxylation sites is 1. The number of benzene rings is 2. The van der Waals surface area contributed by atoms with Crippen molar-refractivity contribution in [2.45, 2.75) is 0 Å². The highest BCUT2D eigenvalue weighted by atomic mass is 31.1. The lowest BCUT2D eigenvalue weighted by Gasteiger charge is -2.18. The Balaban J connectivity index is 2.42. The van der Waals surface area contributed by atoms with Crippen molar-refractivity contribution in [2.24, 2.45) is 0 Å². The Bertz CT molecular complexity index is 476. The zero-order valence-electron chi connectivity index (χ0n) is 9.54. The number of hydrogen-bond donors (Lipinski definition) is 0. The van der Waals surface area contributed by atoms with E-state index < -0.39 is 8.15 Å². The third kappa shape index (κ3) is 2.69. The van der Waals surface area contributed by atoms with Crippen molar-refractivity contribution in [3.63, 3.8) is 0 Å². The second-order valence-electron chi connectivity index (χ2n) is 3.41. The van der Waals surface area contributed by atoms with E-state index in [0.717, 1.165) is 16.4 Å². The second kappa shape index (κ2) is 5.86. The van der Waals surface area contributed by atoms with Gasteiger partial charge in [0.1, 0.15) is 5.75 Å². The van der Waals surface area contributed by atoms with E-state index >= 15 is 0 Å². The van der Waals surface area contributed by atoms with E-state index in [2.05, 4.69) is 0 Å². The molecule has 17 heavy (non-hydrogen) atoms. The number of ether oxygens (including phenoxy) is 1. The minimum Gasteiger partial charge on any atom is -0.496 e. The van der Waals surface area contributed by atoms with Crippen LogP contribution in [0, 0.1) is 0 Å². The molecule has 0 N–H and O–H groups in total. The van der Waals surface area contributed by atoms with E-state index in [9.17, 15) is 0 Å². The summed E-state index contributed by atoms with van der Waals surface area (Å²) in [5.74, 6) is 0.799. The van der Waals surface area contributed by atoms with Crippen LogP contribution in [0.15, 0.2) is 54.6 Å².